The molecule has 0 aromatic heterocycles. The Balaban J connectivity index is 2.31. The highest BCUT2D eigenvalue weighted by Gasteiger charge is 2.33. The maximum Gasteiger partial charge on any atom is 0.346 e. The number of carbonyl (C=O) groups excluding carboxylic acids is 1. The highest BCUT2D eigenvalue weighted by atomic mass is 16.2. The van der Waals surface area contributed by atoms with Crippen molar-refractivity contribution in [3.63, 3.8) is 0 Å². The summed E-state index contributed by atoms with van der Waals surface area (Å²) in [5.41, 5.74) is 8.12. The number of urea groups is 1. The van der Waals surface area contributed by atoms with Gasteiger partial charge in [0.05, 0.1) is 0 Å². The van der Waals surface area contributed by atoms with E-state index in [-0.39, 0.29) is 12.1 Å². The van der Waals surface area contributed by atoms with E-state index in [4.69, 9.17) is 5.73 Å². The van der Waals surface area contributed by atoms with Crippen LogP contribution in [-0.4, -0.2) is 23.3 Å². The van der Waals surface area contributed by atoms with Gasteiger partial charge >= 0.3 is 6.03 Å². The Morgan fingerprint density at radius 1 is 1.29 bits per heavy atom. The van der Waals surface area contributed by atoms with E-state index >= 15 is 0 Å². The quantitative estimate of drug-likeness (QED) is 0.866. The highest BCUT2D eigenvalue weighted by Crippen LogP contribution is 2.26. The molecule has 0 aliphatic carbocycles. The molecular formula is C13H17N3O. The lowest BCUT2D eigenvalue weighted by molar-refractivity contribution is 0.210. The van der Waals surface area contributed by atoms with Crippen LogP contribution in [0.5, 0.6) is 0 Å². The van der Waals surface area contributed by atoms with Gasteiger partial charge in [-0.3, -0.25) is 0 Å². The highest BCUT2D eigenvalue weighted by molar-refractivity contribution is 6.03. The van der Waals surface area contributed by atoms with Gasteiger partial charge in [-0.1, -0.05) is 31.2 Å². The van der Waals surface area contributed by atoms with Crippen molar-refractivity contribution in [2.75, 3.05) is 6.54 Å². The largest absolute Gasteiger partial charge is 0.385 e. The Bertz CT molecular complexity index is 450. The number of benzene rings is 1. The van der Waals surface area contributed by atoms with Crippen molar-refractivity contribution in [3.05, 3.63) is 35.4 Å². The molecule has 2 amide bonds. The molecule has 90 valence electrons. The molecule has 1 aliphatic heterocycles. The Kier molecular flexibility index (Phi) is 3.13. The van der Waals surface area contributed by atoms with Crippen molar-refractivity contribution < 1.29 is 4.79 Å². The molecule has 1 atom stereocenters. The van der Waals surface area contributed by atoms with Crippen LogP contribution in [0.2, 0.25) is 0 Å². The second-order valence-electron chi connectivity index (χ2n) is 4.10. The molecule has 0 radical (unpaired) electrons. The third kappa shape index (κ3) is 2.02. The first-order valence-corrected chi connectivity index (χ1v) is 5.90. The number of likely N-dealkylation sites (N-methyl/N-ethyl adjacent to an activating group) is 1. The van der Waals surface area contributed by atoms with Crippen LogP contribution in [-0.2, 0) is 6.42 Å². The minimum atomic E-state index is -0.241. The monoisotopic (exact) mass is 231 g/mol. The number of rotatable bonds is 3. The van der Waals surface area contributed by atoms with Crippen molar-refractivity contribution in [2.45, 2.75) is 26.3 Å². The molecule has 0 fully saturated rings. The summed E-state index contributed by atoms with van der Waals surface area (Å²) in [6.45, 7) is 4.66. The molecule has 0 saturated carbocycles. The molecule has 4 nitrogen and oxygen atoms in total. The van der Waals surface area contributed by atoms with Crippen molar-refractivity contribution in [3.8, 4) is 0 Å². The van der Waals surface area contributed by atoms with E-state index in [0.29, 0.717) is 12.4 Å². The lowest BCUT2D eigenvalue weighted by atomic mass is 10.0. The van der Waals surface area contributed by atoms with Crippen molar-refractivity contribution in [1.82, 2.24) is 4.90 Å². The predicted octanol–water partition coefficient (Wildman–Crippen LogP) is 2.10. The maximum atomic E-state index is 11.6. The van der Waals surface area contributed by atoms with Crippen LogP contribution in [0.4, 0.5) is 4.79 Å². The summed E-state index contributed by atoms with van der Waals surface area (Å²) >= 11 is 0. The number of amides is 2. The van der Waals surface area contributed by atoms with Gasteiger partial charge in [-0.25, -0.2) is 4.79 Å². The van der Waals surface area contributed by atoms with E-state index in [2.05, 4.69) is 24.0 Å². The minimum Gasteiger partial charge on any atom is -0.385 e. The van der Waals surface area contributed by atoms with Gasteiger partial charge < -0.3 is 10.6 Å². The zero-order chi connectivity index (χ0) is 12.4. The lowest BCUT2D eigenvalue weighted by Crippen LogP contribution is -2.33. The second kappa shape index (κ2) is 4.57. The normalized spacial score (nSPS) is 19.6. The fourth-order valence-corrected chi connectivity index (χ4v) is 2.11. The predicted molar refractivity (Wildman–Crippen MR) is 68.0 cm³/mol. The van der Waals surface area contributed by atoms with Crippen LogP contribution >= 0.6 is 0 Å². The molecule has 0 spiro atoms. The molecule has 4 heteroatoms. The van der Waals surface area contributed by atoms with Gasteiger partial charge in [-0.15, -0.1) is 0 Å². The van der Waals surface area contributed by atoms with Gasteiger partial charge in [0.1, 0.15) is 11.9 Å². The third-order valence-electron chi connectivity index (χ3n) is 3.11. The molecule has 17 heavy (non-hydrogen) atoms. The average molecular weight is 231 g/mol. The summed E-state index contributed by atoms with van der Waals surface area (Å²) in [4.78, 5) is 17.1. The van der Waals surface area contributed by atoms with E-state index < -0.39 is 0 Å². The van der Waals surface area contributed by atoms with Crippen LogP contribution in [0, 0.1) is 0 Å². The van der Waals surface area contributed by atoms with Gasteiger partial charge in [-0.05, 0) is 24.5 Å². The van der Waals surface area contributed by atoms with Gasteiger partial charge in [0.25, 0.3) is 0 Å². The summed E-state index contributed by atoms with van der Waals surface area (Å²) in [6, 6.07) is 7.74. The van der Waals surface area contributed by atoms with Gasteiger partial charge in [0.2, 0.25) is 0 Å². The zero-order valence-electron chi connectivity index (χ0n) is 10.2. The smallest absolute Gasteiger partial charge is 0.346 e. The number of amidine groups is 1. The summed E-state index contributed by atoms with van der Waals surface area (Å²) in [5.74, 6) is 0.390. The SMILES string of the molecule is CCc1ccc(C2C(N)=NC(=O)N2CC)cc1. The molecular weight excluding hydrogens is 214 g/mol. The lowest BCUT2D eigenvalue weighted by Gasteiger charge is -2.23. The summed E-state index contributed by atoms with van der Waals surface area (Å²) < 4.78 is 0. The standard InChI is InChI=1S/C13H17N3O/c1-3-9-5-7-10(8-6-9)11-12(14)15-13(17)16(11)4-2/h5-8,11H,3-4H2,1-2H3,(H2,14,15,17). The second-order valence-corrected chi connectivity index (χ2v) is 4.10. The van der Waals surface area contributed by atoms with Crippen molar-refractivity contribution in [2.24, 2.45) is 10.7 Å². The number of nitrogens with two attached hydrogens (primary N) is 1. The third-order valence-corrected chi connectivity index (χ3v) is 3.11. The van der Waals surface area contributed by atoms with Gasteiger partial charge in [0.15, 0.2) is 0 Å². The van der Waals surface area contributed by atoms with Crippen LogP contribution in [0.25, 0.3) is 0 Å². The van der Waals surface area contributed by atoms with Gasteiger partial charge in [-0.2, -0.15) is 4.99 Å². The molecule has 1 aromatic rings. The number of carbonyl (C=O) groups is 1. The van der Waals surface area contributed by atoms with Crippen LogP contribution in [0.15, 0.2) is 29.3 Å². The van der Waals surface area contributed by atoms with E-state index in [9.17, 15) is 4.79 Å². The van der Waals surface area contributed by atoms with E-state index in [1.54, 1.807) is 4.90 Å². The fraction of sp³-hybridized carbons (Fsp3) is 0.385. The van der Waals surface area contributed by atoms with E-state index in [1.807, 2.05) is 19.1 Å². The first kappa shape index (κ1) is 11.6. The molecule has 0 bridgehead atoms. The van der Waals surface area contributed by atoms with Crippen molar-refractivity contribution >= 4 is 11.9 Å². The maximum absolute atomic E-state index is 11.6. The fourth-order valence-electron chi connectivity index (χ4n) is 2.11. The number of nitrogens with zero attached hydrogens (tertiary/aromatic N) is 2. The molecule has 1 aromatic carbocycles. The Morgan fingerprint density at radius 3 is 2.47 bits per heavy atom. The van der Waals surface area contributed by atoms with Crippen LogP contribution < -0.4 is 5.73 Å². The molecule has 2 rings (SSSR count). The Hall–Kier alpha value is -1.84. The number of aryl methyl sites for hydroxylation is 1. The summed E-state index contributed by atoms with van der Waals surface area (Å²) in [5, 5.41) is 0. The molecule has 0 saturated heterocycles. The van der Waals surface area contributed by atoms with E-state index in [1.165, 1.54) is 5.56 Å². The topological polar surface area (TPSA) is 58.7 Å². The summed E-state index contributed by atoms with van der Waals surface area (Å²) in [6.07, 6.45) is 1.00. The minimum absolute atomic E-state index is 0.196. The number of hydrogen-bond acceptors (Lipinski definition) is 2. The van der Waals surface area contributed by atoms with Crippen molar-refractivity contribution in [1.29, 1.82) is 0 Å². The zero-order valence-corrected chi connectivity index (χ0v) is 10.2. The Morgan fingerprint density at radius 2 is 1.94 bits per heavy atom. The molecule has 1 heterocycles. The molecule has 1 unspecified atom stereocenters. The molecule has 1 aliphatic rings. The van der Waals surface area contributed by atoms with Crippen LogP contribution in [0.3, 0.4) is 0 Å². The van der Waals surface area contributed by atoms with E-state index in [0.717, 1.165) is 12.0 Å². The summed E-state index contributed by atoms with van der Waals surface area (Å²) in [7, 11) is 0. The first-order valence-electron chi connectivity index (χ1n) is 5.90. The first-order chi connectivity index (χ1) is 8.17. The number of hydrogen-bond donors (Lipinski definition) is 1. The van der Waals surface area contributed by atoms with Gasteiger partial charge in [0, 0.05) is 6.54 Å². The average Bonchev–Trinajstić information content (AvgIpc) is 2.63. The number of aliphatic imine (C=N–C) groups is 1. The molecule has 2 N–H and O–H groups in total. The van der Waals surface area contributed by atoms with Crippen LogP contribution in [0.1, 0.15) is 31.0 Å². The Labute approximate surface area is 101 Å².